The highest BCUT2D eigenvalue weighted by molar-refractivity contribution is 5.97. The Hall–Kier alpha value is -3.08. The Balaban J connectivity index is 1.82. The van der Waals surface area contributed by atoms with Crippen LogP contribution in [-0.4, -0.2) is 29.5 Å². The predicted molar refractivity (Wildman–Crippen MR) is 101 cm³/mol. The minimum absolute atomic E-state index is 0.267. The summed E-state index contributed by atoms with van der Waals surface area (Å²) in [6, 6.07) is 14.4. The van der Waals surface area contributed by atoms with Gasteiger partial charge in [0.15, 0.2) is 0 Å². The molecule has 134 valence electrons. The van der Waals surface area contributed by atoms with Gasteiger partial charge in [0, 0.05) is 29.1 Å². The number of ether oxygens (including phenoxy) is 1. The van der Waals surface area contributed by atoms with Gasteiger partial charge in [-0.05, 0) is 37.6 Å². The van der Waals surface area contributed by atoms with E-state index in [0.717, 1.165) is 22.0 Å². The van der Waals surface area contributed by atoms with Crippen LogP contribution in [0.3, 0.4) is 0 Å². The SMILES string of the molecule is CCOC(=O)[C@H](Cc1c[nH]c2ccccc12)NC(=O)c1ccc(C)cc1. The maximum absolute atomic E-state index is 12.5. The third-order valence-electron chi connectivity index (χ3n) is 4.29. The summed E-state index contributed by atoms with van der Waals surface area (Å²) in [7, 11) is 0. The highest BCUT2D eigenvalue weighted by atomic mass is 16.5. The Bertz CT molecular complexity index is 912. The number of aromatic amines is 1. The van der Waals surface area contributed by atoms with Gasteiger partial charge in [-0.3, -0.25) is 4.79 Å². The molecule has 0 aliphatic heterocycles. The smallest absolute Gasteiger partial charge is 0.328 e. The summed E-state index contributed by atoms with van der Waals surface area (Å²) in [6.07, 6.45) is 2.23. The molecule has 0 saturated heterocycles. The molecule has 26 heavy (non-hydrogen) atoms. The number of rotatable bonds is 6. The van der Waals surface area contributed by atoms with E-state index in [2.05, 4.69) is 10.3 Å². The third kappa shape index (κ3) is 3.94. The van der Waals surface area contributed by atoms with Crippen LogP contribution in [0.5, 0.6) is 0 Å². The second-order valence-corrected chi connectivity index (χ2v) is 6.21. The van der Waals surface area contributed by atoms with Gasteiger partial charge in [-0.2, -0.15) is 0 Å². The Morgan fingerprint density at radius 2 is 1.85 bits per heavy atom. The molecule has 3 rings (SSSR count). The lowest BCUT2D eigenvalue weighted by atomic mass is 10.0. The molecule has 0 fully saturated rings. The van der Waals surface area contributed by atoms with Crippen molar-refractivity contribution in [2.75, 3.05) is 6.61 Å². The maximum atomic E-state index is 12.5. The normalized spacial score (nSPS) is 11.9. The quantitative estimate of drug-likeness (QED) is 0.670. The molecule has 0 spiro atoms. The van der Waals surface area contributed by atoms with E-state index < -0.39 is 12.0 Å². The van der Waals surface area contributed by atoms with Crippen LogP contribution in [0.15, 0.2) is 54.7 Å². The van der Waals surface area contributed by atoms with E-state index in [9.17, 15) is 9.59 Å². The van der Waals surface area contributed by atoms with Crippen LogP contribution in [-0.2, 0) is 16.0 Å². The minimum Gasteiger partial charge on any atom is -0.464 e. The number of aryl methyl sites for hydroxylation is 1. The van der Waals surface area contributed by atoms with Crippen LogP contribution in [0.2, 0.25) is 0 Å². The molecule has 5 nitrogen and oxygen atoms in total. The molecule has 0 aliphatic rings. The fraction of sp³-hybridized carbons (Fsp3) is 0.238. The summed E-state index contributed by atoms with van der Waals surface area (Å²) in [5.74, 6) is -0.721. The van der Waals surface area contributed by atoms with Gasteiger partial charge >= 0.3 is 5.97 Å². The van der Waals surface area contributed by atoms with E-state index in [-0.39, 0.29) is 12.5 Å². The van der Waals surface area contributed by atoms with Crippen LogP contribution < -0.4 is 5.32 Å². The van der Waals surface area contributed by atoms with Gasteiger partial charge in [0.2, 0.25) is 0 Å². The average Bonchev–Trinajstić information content (AvgIpc) is 3.05. The molecule has 0 saturated carbocycles. The maximum Gasteiger partial charge on any atom is 0.328 e. The molecule has 1 atom stereocenters. The first kappa shape index (κ1) is 17.7. The van der Waals surface area contributed by atoms with Crippen molar-refractivity contribution in [3.8, 4) is 0 Å². The van der Waals surface area contributed by atoms with Crippen LogP contribution >= 0.6 is 0 Å². The number of carbonyl (C=O) groups is 2. The number of esters is 1. The number of amides is 1. The van der Waals surface area contributed by atoms with Gasteiger partial charge in [-0.1, -0.05) is 35.9 Å². The van der Waals surface area contributed by atoms with Crippen molar-refractivity contribution in [2.24, 2.45) is 0 Å². The molecule has 0 bridgehead atoms. The van der Waals surface area contributed by atoms with Crippen molar-refractivity contribution in [3.05, 3.63) is 71.4 Å². The summed E-state index contributed by atoms with van der Waals surface area (Å²) in [5, 5.41) is 3.85. The average molecular weight is 350 g/mol. The second-order valence-electron chi connectivity index (χ2n) is 6.21. The van der Waals surface area contributed by atoms with Crippen molar-refractivity contribution in [1.82, 2.24) is 10.3 Å². The highest BCUT2D eigenvalue weighted by Crippen LogP contribution is 2.19. The lowest BCUT2D eigenvalue weighted by Crippen LogP contribution is -2.43. The summed E-state index contributed by atoms with van der Waals surface area (Å²) in [5.41, 5.74) is 3.55. The molecule has 5 heteroatoms. The van der Waals surface area contributed by atoms with Crippen LogP contribution in [0.1, 0.15) is 28.4 Å². The lowest BCUT2D eigenvalue weighted by Gasteiger charge is -2.17. The van der Waals surface area contributed by atoms with Gasteiger partial charge in [-0.25, -0.2) is 4.79 Å². The van der Waals surface area contributed by atoms with Crippen LogP contribution in [0.4, 0.5) is 0 Å². The van der Waals surface area contributed by atoms with Crippen molar-refractivity contribution in [1.29, 1.82) is 0 Å². The first-order valence-electron chi connectivity index (χ1n) is 8.67. The molecule has 3 aromatic rings. The number of nitrogens with one attached hydrogen (secondary N) is 2. The fourth-order valence-corrected chi connectivity index (χ4v) is 2.90. The zero-order valence-electron chi connectivity index (χ0n) is 14.9. The molecule has 1 heterocycles. The monoisotopic (exact) mass is 350 g/mol. The molecule has 0 radical (unpaired) electrons. The molecule has 1 amide bonds. The Kier molecular flexibility index (Phi) is 5.37. The van der Waals surface area contributed by atoms with E-state index in [4.69, 9.17) is 4.74 Å². The van der Waals surface area contributed by atoms with Crippen molar-refractivity contribution >= 4 is 22.8 Å². The first-order chi connectivity index (χ1) is 12.6. The summed E-state index contributed by atoms with van der Waals surface area (Å²) < 4.78 is 5.16. The number of para-hydroxylation sites is 1. The van der Waals surface area contributed by atoms with Crippen molar-refractivity contribution < 1.29 is 14.3 Å². The van der Waals surface area contributed by atoms with Gasteiger partial charge in [0.1, 0.15) is 6.04 Å². The molecular formula is C21H22N2O3. The van der Waals surface area contributed by atoms with Crippen LogP contribution in [0.25, 0.3) is 10.9 Å². The Labute approximate surface area is 152 Å². The van der Waals surface area contributed by atoms with E-state index >= 15 is 0 Å². The number of benzene rings is 2. The molecular weight excluding hydrogens is 328 g/mol. The topological polar surface area (TPSA) is 71.2 Å². The number of hydrogen-bond donors (Lipinski definition) is 2. The predicted octanol–water partition coefficient (Wildman–Crippen LogP) is 3.38. The lowest BCUT2D eigenvalue weighted by molar-refractivity contribution is -0.145. The third-order valence-corrected chi connectivity index (χ3v) is 4.29. The number of carbonyl (C=O) groups excluding carboxylic acids is 2. The van der Waals surface area contributed by atoms with E-state index in [1.165, 1.54) is 0 Å². The molecule has 1 aromatic heterocycles. The summed E-state index contributed by atoms with van der Waals surface area (Å²) >= 11 is 0. The van der Waals surface area contributed by atoms with Crippen LogP contribution in [0, 0.1) is 6.92 Å². The highest BCUT2D eigenvalue weighted by Gasteiger charge is 2.24. The van der Waals surface area contributed by atoms with E-state index in [0.29, 0.717) is 12.0 Å². The van der Waals surface area contributed by atoms with Crippen molar-refractivity contribution in [3.63, 3.8) is 0 Å². The largest absolute Gasteiger partial charge is 0.464 e. The van der Waals surface area contributed by atoms with Gasteiger partial charge in [0.05, 0.1) is 6.61 Å². The van der Waals surface area contributed by atoms with Crippen molar-refractivity contribution in [2.45, 2.75) is 26.3 Å². The molecule has 2 aromatic carbocycles. The van der Waals surface area contributed by atoms with Gasteiger partial charge in [-0.15, -0.1) is 0 Å². The first-order valence-corrected chi connectivity index (χ1v) is 8.67. The molecule has 0 unspecified atom stereocenters. The number of hydrogen-bond acceptors (Lipinski definition) is 3. The minimum atomic E-state index is -0.747. The summed E-state index contributed by atoms with van der Waals surface area (Å²) in [4.78, 5) is 28.1. The zero-order valence-corrected chi connectivity index (χ0v) is 14.9. The number of aromatic nitrogens is 1. The summed E-state index contributed by atoms with van der Waals surface area (Å²) in [6.45, 7) is 3.98. The van der Waals surface area contributed by atoms with E-state index in [1.54, 1.807) is 19.1 Å². The molecule has 2 N–H and O–H groups in total. The zero-order chi connectivity index (χ0) is 18.5. The standard InChI is InChI=1S/C21H22N2O3/c1-3-26-21(25)19(23-20(24)15-10-8-14(2)9-11-15)12-16-13-22-18-7-5-4-6-17(16)18/h4-11,13,19,22H,3,12H2,1-2H3,(H,23,24)/t19-/m0/s1. The van der Waals surface area contributed by atoms with Gasteiger partial charge in [0.25, 0.3) is 5.91 Å². The number of H-pyrrole nitrogens is 1. The number of fused-ring (bicyclic) bond motifs is 1. The fourth-order valence-electron chi connectivity index (χ4n) is 2.90. The second kappa shape index (κ2) is 7.87. The Morgan fingerprint density at radius 3 is 2.58 bits per heavy atom. The molecule has 0 aliphatic carbocycles. The Morgan fingerprint density at radius 1 is 1.12 bits per heavy atom. The van der Waals surface area contributed by atoms with Gasteiger partial charge < -0.3 is 15.0 Å². The van der Waals surface area contributed by atoms with E-state index in [1.807, 2.05) is 49.5 Å².